The summed E-state index contributed by atoms with van der Waals surface area (Å²) in [5.74, 6) is -1.94. The Hall–Kier alpha value is -2.24. The second kappa shape index (κ2) is 5.17. The van der Waals surface area contributed by atoms with Crippen LogP contribution in [0.1, 0.15) is 11.5 Å². The van der Waals surface area contributed by atoms with Crippen LogP contribution in [0.25, 0.3) is 0 Å². The van der Waals surface area contributed by atoms with E-state index in [2.05, 4.69) is 5.32 Å². The molecule has 1 aliphatic rings. The van der Waals surface area contributed by atoms with Crippen LogP contribution in [0, 0.1) is 5.92 Å². The van der Waals surface area contributed by atoms with Gasteiger partial charge in [0.1, 0.15) is 5.92 Å². The lowest BCUT2D eigenvalue weighted by Crippen LogP contribution is -2.26. The number of methoxy groups -OCH3 is 2. The van der Waals surface area contributed by atoms with Crippen molar-refractivity contribution in [1.29, 1.82) is 0 Å². The summed E-state index contributed by atoms with van der Waals surface area (Å²) in [4.78, 5) is 22.7. The first kappa shape index (κ1) is 13.2. The highest BCUT2D eigenvalue weighted by Crippen LogP contribution is 2.35. The summed E-state index contributed by atoms with van der Waals surface area (Å²) in [5, 5.41) is 11.7. The predicted molar refractivity (Wildman–Crippen MR) is 66.4 cm³/mol. The summed E-state index contributed by atoms with van der Waals surface area (Å²) in [6, 6.07) is 5.16. The van der Waals surface area contributed by atoms with Gasteiger partial charge in [-0.1, -0.05) is 6.07 Å². The molecule has 0 aliphatic carbocycles. The maximum Gasteiger partial charge on any atom is 0.316 e. The van der Waals surface area contributed by atoms with Crippen LogP contribution >= 0.6 is 0 Å². The van der Waals surface area contributed by atoms with Gasteiger partial charge in [-0.25, -0.2) is 0 Å². The third kappa shape index (κ3) is 2.33. The fourth-order valence-electron chi connectivity index (χ4n) is 2.30. The molecule has 1 amide bonds. The quantitative estimate of drug-likeness (QED) is 0.779. The van der Waals surface area contributed by atoms with Crippen molar-refractivity contribution in [3.63, 3.8) is 0 Å². The van der Waals surface area contributed by atoms with Gasteiger partial charge in [0, 0.05) is 12.5 Å². The Morgan fingerprint density at radius 3 is 2.58 bits per heavy atom. The van der Waals surface area contributed by atoms with Gasteiger partial charge in [-0.2, -0.15) is 0 Å². The van der Waals surface area contributed by atoms with Crippen LogP contribution in [-0.2, 0) is 9.59 Å². The standard InChI is InChI=1S/C13H15NO5/c1-18-9-4-3-7(5-10(9)19-2)8-6-14-12(15)11(8)13(16)17/h3-5,8,11H,6H2,1-2H3,(H,14,15)(H,16,17)/t8-,11-/m1/s1. The molecule has 1 aromatic carbocycles. The molecule has 6 nitrogen and oxygen atoms in total. The van der Waals surface area contributed by atoms with Gasteiger partial charge in [0.2, 0.25) is 5.91 Å². The summed E-state index contributed by atoms with van der Waals surface area (Å²) < 4.78 is 10.3. The number of carboxylic acid groups (broad SMARTS) is 1. The molecule has 19 heavy (non-hydrogen) atoms. The van der Waals surface area contributed by atoms with E-state index in [1.807, 2.05) is 0 Å². The average molecular weight is 265 g/mol. The first-order chi connectivity index (χ1) is 9.08. The molecule has 2 N–H and O–H groups in total. The molecule has 6 heteroatoms. The Balaban J connectivity index is 2.36. The number of nitrogens with one attached hydrogen (secondary N) is 1. The lowest BCUT2D eigenvalue weighted by molar-refractivity contribution is -0.145. The molecule has 2 rings (SSSR count). The zero-order valence-corrected chi connectivity index (χ0v) is 10.7. The number of benzene rings is 1. The number of aliphatic carboxylic acids is 1. The van der Waals surface area contributed by atoms with Crippen molar-refractivity contribution in [2.24, 2.45) is 5.92 Å². The summed E-state index contributed by atoms with van der Waals surface area (Å²) in [6.45, 7) is 0.311. The van der Waals surface area contributed by atoms with Crippen molar-refractivity contribution < 1.29 is 24.2 Å². The van der Waals surface area contributed by atoms with Gasteiger partial charge < -0.3 is 19.9 Å². The molecule has 0 saturated carbocycles. The third-order valence-corrected chi connectivity index (χ3v) is 3.28. The normalized spacial score (nSPS) is 21.9. The molecule has 1 heterocycles. The number of hydrogen-bond donors (Lipinski definition) is 2. The van der Waals surface area contributed by atoms with Crippen molar-refractivity contribution in [2.75, 3.05) is 20.8 Å². The second-order valence-corrected chi connectivity index (χ2v) is 4.28. The molecule has 0 aromatic heterocycles. The number of carboxylic acids is 1. The molecule has 1 fully saturated rings. The fourth-order valence-corrected chi connectivity index (χ4v) is 2.30. The molecule has 0 spiro atoms. The number of carbonyl (C=O) groups is 2. The molecule has 0 radical (unpaired) electrons. The largest absolute Gasteiger partial charge is 0.493 e. The van der Waals surface area contributed by atoms with Gasteiger partial charge in [0.15, 0.2) is 11.5 Å². The second-order valence-electron chi connectivity index (χ2n) is 4.28. The molecule has 2 atom stereocenters. The van der Waals surface area contributed by atoms with E-state index >= 15 is 0 Å². The van der Waals surface area contributed by atoms with Crippen LogP contribution in [0.3, 0.4) is 0 Å². The molecule has 1 aromatic rings. The van der Waals surface area contributed by atoms with Gasteiger partial charge in [-0.05, 0) is 17.7 Å². The lowest BCUT2D eigenvalue weighted by Gasteiger charge is -2.15. The monoisotopic (exact) mass is 265 g/mol. The van der Waals surface area contributed by atoms with Gasteiger partial charge in [-0.3, -0.25) is 9.59 Å². The molecule has 1 saturated heterocycles. The minimum Gasteiger partial charge on any atom is -0.493 e. The van der Waals surface area contributed by atoms with Crippen molar-refractivity contribution in [1.82, 2.24) is 5.32 Å². The molecular weight excluding hydrogens is 250 g/mol. The Bertz CT molecular complexity index is 514. The zero-order valence-electron chi connectivity index (χ0n) is 10.7. The van der Waals surface area contributed by atoms with Gasteiger partial charge in [0.05, 0.1) is 14.2 Å². The number of carbonyl (C=O) groups excluding carboxylic acids is 1. The van der Waals surface area contributed by atoms with Gasteiger partial charge in [0.25, 0.3) is 0 Å². The number of hydrogen-bond acceptors (Lipinski definition) is 4. The van der Waals surface area contributed by atoms with Crippen molar-refractivity contribution in [3.8, 4) is 11.5 Å². The summed E-state index contributed by atoms with van der Waals surface area (Å²) in [7, 11) is 3.03. The highest BCUT2D eigenvalue weighted by molar-refractivity contribution is 5.99. The van der Waals surface area contributed by atoms with E-state index in [0.29, 0.717) is 18.0 Å². The SMILES string of the molecule is COc1ccc([C@H]2CNC(=O)[C@@H]2C(=O)O)cc1OC. The fraction of sp³-hybridized carbons (Fsp3) is 0.385. The first-order valence-corrected chi connectivity index (χ1v) is 5.81. The van der Waals surface area contributed by atoms with Crippen LogP contribution in [0.2, 0.25) is 0 Å². The van der Waals surface area contributed by atoms with E-state index in [-0.39, 0.29) is 0 Å². The highest BCUT2D eigenvalue weighted by atomic mass is 16.5. The topological polar surface area (TPSA) is 84.9 Å². The van der Waals surface area contributed by atoms with E-state index in [0.717, 1.165) is 5.56 Å². The van der Waals surface area contributed by atoms with E-state index in [9.17, 15) is 9.59 Å². The van der Waals surface area contributed by atoms with Crippen LogP contribution in [0.15, 0.2) is 18.2 Å². The van der Waals surface area contributed by atoms with Crippen LogP contribution in [-0.4, -0.2) is 37.7 Å². The Morgan fingerprint density at radius 1 is 1.32 bits per heavy atom. The van der Waals surface area contributed by atoms with E-state index in [1.54, 1.807) is 18.2 Å². The number of rotatable bonds is 4. The highest BCUT2D eigenvalue weighted by Gasteiger charge is 2.41. The summed E-state index contributed by atoms with van der Waals surface area (Å²) in [5.41, 5.74) is 0.739. The molecule has 0 bridgehead atoms. The van der Waals surface area contributed by atoms with E-state index < -0.39 is 23.7 Å². The van der Waals surface area contributed by atoms with E-state index in [4.69, 9.17) is 14.6 Å². The maximum absolute atomic E-state index is 11.5. The van der Waals surface area contributed by atoms with Crippen LogP contribution in [0.4, 0.5) is 0 Å². The average Bonchev–Trinajstić information content (AvgIpc) is 2.79. The molecule has 0 unspecified atom stereocenters. The minimum absolute atomic E-state index is 0.311. The molecule has 102 valence electrons. The molecular formula is C13H15NO5. The lowest BCUT2D eigenvalue weighted by atomic mass is 9.88. The Labute approximate surface area is 110 Å². The van der Waals surface area contributed by atoms with Crippen molar-refractivity contribution in [2.45, 2.75) is 5.92 Å². The van der Waals surface area contributed by atoms with Gasteiger partial charge >= 0.3 is 5.97 Å². The van der Waals surface area contributed by atoms with E-state index in [1.165, 1.54) is 14.2 Å². The summed E-state index contributed by atoms with van der Waals surface area (Å²) >= 11 is 0. The maximum atomic E-state index is 11.5. The summed E-state index contributed by atoms with van der Waals surface area (Å²) in [6.07, 6.45) is 0. The van der Waals surface area contributed by atoms with Gasteiger partial charge in [-0.15, -0.1) is 0 Å². The van der Waals surface area contributed by atoms with Crippen LogP contribution in [0.5, 0.6) is 11.5 Å². The van der Waals surface area contributed by atoms with Crippen LogP contribution < -0.4 is 14.8 Å². The predicted octanol–water partition coefficient (Wildman–Crippen LogP) is 0.618. The van der Waals surface area contributed by atoms with Crippen molar-refractivity contribution in [3.05, 3.63) is 23.8 Å². The Morgan fingerprint density at radius 2 is 2.00 bits per heavy atom. The molecule has 1 aliphatic heterocycles. The number of amides is 1. The minimum atomic E-state index is -1.12. The first-order valence-electron chi connectivity index (χ1n) is 5.81. The number of ether oxygens (including phenoxy) is 2. The zero-order chi connectivity index (χ0) is 14.0. The third-order valence-electron chi connectivity index (χ3n) is 3.28. The smallest absolute Gasteiger partial charge is 0.316 e. The Kier molecular flexibility index (Phi) is 3.59. The van der Waals surface area contributed by atoms with Crippen molar-refractivity contribution >= 4 is 11.9 Å².